The molecule has 0 aliphatic heterocycles. The molecule has 0 spiro atoms. The Bertz CT molecular complexity index is 1060. The van der Waals surface area contributed by atoms with Crippen molar-refractivity contribution >= 4 is 23.5 Å². The summed E-state index contributed by atoms with van der Waals surface area (Å²) >= 11 is 0. The molecule has 6 heteroatoms. The van der Waals surface area contributed by atoms with Crippen molar-refractivity contribution in [2.75, 3.05) is 12.4 Å². The van der Waals surface area contributed by atoms with E-state index < -0.39 is 11.9 Å². The third-order valence-electron chi connectivity index (χ3n) is 4.58. The minimum atomic E-state index is -0.518. The molecule has 0 saturated heterocycles. The fourth-order valence-electron chi connectivity index (χ4n) is 2.95. The number of esters is 1. The van der Waals surface area contributed by atoms with E-state index in [1.807, 2.05) is 37.3 Å². The first-order chi connectivity index (χ1) is 14.5. The second-order valence-corrected chi connectivity index (χ2v) is 6.71. The van der Waals surface area contributed by atoms with Crippen molar-refractivity contribution in [3.63, 3.8) is 0 Å². The van der Waals surface area contributed by atoms with Gasteiger partial charge in [-0.25, -0.2) is 4.79 Å². The zero-order chi connectivity index (χ0) is 21.5. The summed E-state index contributed by atoms with van der Waals surface area (Å²) in [5.41, 5.74) is 2.50. The minimum absolute atomic E-state index is 0.155. The van der Waals surface area contributed by atoms with Gasteiger partial charge in [0.15, 0.2) is 0 Å². The number of nitrogens with one attached hydrogen (secondary N) is 2. The van der Waals surface area contributed by atoms with E-state index in [-0.39, 0.29) is 17.5 Å². The molecule has 0 aliphatic carbocycles. The maximum Gasteiger partial charge on any atom is 0.337 e. The summed E-state index contributed by atoms with van der Waals surface area (Å²) in [5.74, 6) is -1.15. The summed E-state index contributed by atoms with van der Waals surface area (Å²) in [7, 11) is 1.28. The number of carbonyl (C=O) groups excluding carboxylic acids is 3. The van der Waals surface area contributed by atoms with Crippen molar-refractivity contribution in [2.24, 2.45) is 0 Å². The monoisotopic (exact) mass is 402 g/mol. The van der Waals surface area contributed by atoms with Gasteiger partial charge in [-0.3, -0.25) is 9.59 Å². The fourth-order valence-corrected chi connectivity index (χ4v) is 2.95. The molecular weight excluding hydrogens is 380 g/mol. The number of anilines is 1. The Hall–Kier alpha value is -3.93. The van der Waals surface area contributed by atoms with Gasteiger partial charge >= 0.3 is 5.97 Å². The lowest BCUT2D eigenvalue weighted by atomic mass is 10.1. The molecule has 0 aliphatic rings. The minimum Gasteiger partial charge on any atom is -0.465 e. The van der Waals surface area contributed by atoms with Gasteiger partial charge in [0.05, 0.1) is 18.7 Å². The molecule has 0 fully saturated rings. The number of rotatable bonds is 6. The highest BCUT2D eigenvalue weighted by Gasteiger charge is 2.14. The van der Waals surface area contributed by atoms with Crippen LogP contribution in [0.15, 0.2) is 78.9 Å². The first-order valence-corrected chi connectivity index (χ1v) is 9.43. The van der Waals surface area contributed by atoms with Crippen LogP contribution in [-0.4, -0.2) is 24.9 Å². The van der Waals surface area contributed by atoms with Crippen LogP contribution in [-0.2, 0) is 4.74 Å². The Kier molecular flexibility index (Phi) is 6.60. The zero-order valence-corrected chi connectivity index (χ0v) is 16.7. The summed E-state index contributed by atoms with van der Waals surface area (Å²) in [5, 5.41) is 5.70. The molecule has 6 nitrogen and oxygen atoms in total. The van der Waals surface area contributed by atoms with E-state index in [2.05, 4.69) is 15.4 Å². The van der Waals surface area contributed by atoms with Crippen LogP contribution in [0.3, 0.4) is 0 Å². The predicted molar refractivity (Wildman–Crippen MR) is 114 cm³/mol. The summed E-state index contributed by atoms with van der Waals surface area (Å²) in [6.07, 6.45) is 0. The van der Waals surface area contributed by atoms with E-state index >= 15 is 0 Å². The van der Waals surface area contributed by atoms with Crippen LogP contribution in [0.5, 0.6) is 0 Å². The Morgan fingerprint density at radius 2 is 1.40 bits per heavy atom. The molecule has 3 rings (SSSR count). The second-order valence-electron chi connectivity index (χ2n) is 6.71. The van der Waals surface area contributed by atoms with Gasteiger partial charge in [0.25, 0.3) is 11.8 Å². The number of benzene rings is 3. The molecule has 152 valence electrons. The first-order valence-electron chi connectivity index (χ1n) is 9.43. The maximum atomic E-state index is 12.6. The smallest absolute Gasteiger partial charge is 0.337 e. The lowest BCUT2D eigenvalue weighted by Gasteiger charge is -2.15. The van der Waals surface area contributed by atoms with Crippen LogP contribution < -0.4 is 10.6 Å². The van der Waals surface area contributed by atoms with Crippen LogP contribution in [0.1, 0.15) is 49.6 Å². The zero-order valence-electron chi connectivity index (χ0n) is 16.7. The largest absolute Gasteiger partial charge is 0.465 e. The summed E-state index contributed by atoms with van der Waals surface area (Å²) < 4.78 is 4.68. The molecule has 0 bridgehead atoms. The average molecular weight is 402 g/mol. The topological polar surface area (TPSA) is 84.5 Å². The number of hydrogen-bond acceptors (Lipinski definition) is 4. The molecule has 0 heterocycles. The standard InChI is InChI=1S/C24H22N2O4/c1-16(17-8-4-3-5-9-17)25-22(27)19-11-7-13-21(15-19)26-23(28)18-10-6-12-20(14-18)24(29)30-2/h3-16H,1-2H3,(H,25,27)(H,26,28). The Morgan fingerprint density at radius 1 is 0.767 bits per heavy atom. The Morgan fingerprint density at radius 3 is 2.10 bits per heavy atom. The number of methoxy groups -OCH3 is 1. The van der Waals surface area contributed by atoms with Gasteiger partial charge < -0.3 is 15.4 Å². The molecule has 30 heavy (non-hydrogen) atoms. The maximum absolute atomic E-state index is 12.6. The van der Waals surface area contributed by atoms with E-state index in [1.54, 1.807) is 42.5 Å². The lowest BCUT2D eigenvalue weighted by Crippen LogP contribution is -2.26. The van der Waals surface area contributed by atoms with Crippen molar-refractivity contribution in [1.29, 1.82) is 0 Å². The predicted octanol–water partition coefficient (Wildman–Crippen LogP) is 4.22. The molecule has 2 amide bonds. The van der Waals surface area contributed by atoms with E-state index in [0.29, 0.717) is 16.8 Å². The molecule has 3 aromatic rings. The molecule has 0 aromatic heterocycles. The van der Waals surface area contributed by atoms with Gasteiger partial charge in [-0.2, -0.15) is 0 Å². The molecule has 0 saturated carbocycles. The van der Waals surface area contributed by atoms with E-state index in [1.165, 1.54) is 13.2 Å². The summed E-state index contributed by atoms with van der Waals surface area (Å²) in [6.45, 7) is 1.91. The van der Waals surface area contributed by atoms with Crippen molar-refractivity contribution < 1.29 is 19.1 Å². The van der Waals surface area contributed by atoms with Crippen molar-refractivity contribution in [2.45, 2.75) is 13.0 Å². The van der Waals surface area contributed by atoms with Gasteiger partial charge in [0.1, 0.15) is 0 Å². The van der Waals surface area contributed by atoms with E-state index in [9.17, 15) is 14.4 Å². The van der Waals surface area contributed by atoms with Crippen LogP contribution >= 0.6 is 0 Å². The lowest BCUT2D eigenvalue weighted by molar-refractivity contribution is 0.0600. The molecule has 1 unspecified atom stereocenters. The third kappa shape index (κ3) is 5.11. The van der Waals surface area contributed by atoms with E-state index in [4.69, 9.17) is 0 Å². The number of ether oxygens (including phenoxy) is 1. The van der Waals surface area contributed by atoms with Gasteiger partial charge in [0, 0.05) is 16.8 Å². The van der Waals surface area contributed by atoms with Crippen LogP contribution in [0.25, 0.3) is 0 Å². The van der Waals surface area contributed by atoms with Gasteiger partial charge in [-0.15, -0.1) is 0 Å². The molecular formula is C24H22N2O4. The number of carbonyl (C=O) groups is 3. The molecule has 1 atom stereocenters. The highest BCUT2D eigenvalue weighted by atomic mass is 16.5. The van der Waals surface area contributed by atoms with Gasteiger partial charge in [-0.1, -0.05) is 42.5 Å². The average Bonchev–Trinajstić information content (AvgIpc) is 2.79. The van der Waals surface area contributed by atoms with Crippen LogP contribution in [0, 0.1) is 0 Å². The van der Waals surface area contributed by atoms with Gasteiger partial charge in [0.2, 0.25) is 0 Å². The first kappa shape index (κ1) is 20.8. The highest BCUT2D eigenvalue weighted by molar-refractivity contribution is 6.06. The number of amides is 2. The normalized spacial score (nSPS) is 11.3. The van der Waals surface area contributed by atoms with Crippen molar-refractivity contribution in [3.05, 3.63) is 101 Å². The SMILES string of the molecule is COC(=O)c1cccc(C(=O)Nc2cccc(C(=O)NC(C)c3ccccc3)c2)c1. The number of hydrogen-bond donors (Lipinski definition) is 2. The Balaban J connectivity index is 1.70. The molecule has 0 radical (unpaired) electrons. The molecule has 3 aromatic carbocycles. The highest BCUT2D eigenvalue weighted by Crippen LogP contribution is 2.16. The quantitative estimate of drug-likeness (QED) is 0.605. The summed E-state index contributed by atoms with van der Waals surface area (Å²) in [6, 6.07) is 22.4. The van der Waals surface area contributed by atoms with E-state index in [0.717, 1.165) is 5.56 Å². The van der Waals surface area contributed by atoms with Crippen molar-refractivity contribution in [3.8, 4) is 0 Å². The summed E-state index contributed by atoms with van der Waals surface area (Å²) in [4.78, 5) is 36.8. The van der Waals surface area contributed by atoms with Crippen molar-refractivity contribution in [1.82, 2.24) is 5.32 Å². The van der Waals surface area contributed by atoms with Crippen LogP contribution in [0.4, 0.5) is 5.69 Å². The Labute approximate surface area is 174 Å². The second kappa shape index (κ2) is 9.52. The van der Waals surface area contributed by atoms with Gasteiger partial charge in [-0.05, 0) is 48.9 Å². The third-order valence-corrected chi connectivity index (χ3v) is 4.58. The van der Waals surface area contributed by atoms with Crippen LogP contribution in [0.2, 0.25) is 0 Å². The molecule has 2 N–H and O–H groups in total. The fraction of sp³-hybridized carbons (Fsp3) is 0.125.